The molecule has 1 heterocycles. The van der Waals surface area contributed by atoms with Gasteiger partial charge in [0.2, 0.25) is 0 Å². The second kappa shape index (κ2) is 8.30. The Morgan fingerprint density at radius 3 is 2.29 bits per heavy atom. The average Bonchev–Trinajstić information content (AvgIpc) is 3.17. The van der Waals surface area contributed by atoms with Crippen LogP contribution >= 0.6 is 11.6 Å². The summed E-state index contributed by atoms with van der Waals surface area (Å²) < 4.78 is 41.3. The van der Waals surface area contributed by atoms with Gasteiger partial charge in [-0.3, -0.25) is 4.79 Å². The van der Waals surface area contributed by atoms with Crippen molar-refractivity contribution in [2.75, 3.05) is 0 Å². The fourth-order valence-corrected chi connectivity index (χ4v) is 2.96. The van der Waals surface area contributed by atoms with E-state index in [1.165, 1.54) is 16.8 Å². The van der Waals surface area contributed by atoms with Crippen molar-refractivity contribution in [1.82, 2.24) is 25.5 Å². The van der Waals surface area contributed by atoms with Crippen molar-refractivity contribution in [2.45, 2.75) is 45.3 Å². The number of alkyl halides is 3. The summed E-state index contributed by atoms with van der Waals surface area (Å²) in [5.74, 6) is -0.329. The molecule has 0 spiro atoms. The largest absolute Gasteiger partial charge is 0.410 e. The Hall–Kier alpha value is -2.94. The fourth-order valence-electron chi connectivity index (χ4n) is 2.84. The van der Waals surface area contributed by atoms with Crippen LogP contribution < -0.4 is 5.32 Å². The molecule has 0 aliphatic rings. The Labute approximate surface area is 182 Å². The molecule has 0 saturated carbocycles. The van der Waals surface area contributed by atoms with Crippen LogP contribution in [0, 0.1) is 0 Å². The van der Waals surface area contributed by atoms with E-state index in [0.717, 1.165) is 19.4 Å². The number of carbonyl (C=O) groups is 1. The molecule has 0 bridgehead atoms. The number of nitrogens with zero attached hydrogens (tertiary/aromatic N) is 4. The first-order valence-electron chi connectivity index (χ1n) is 9.48. The van der Waals surface area contributed by atoms with Gasteiger partial charge in [-0.25, -0.2) is 0 Å². The van der Waals surface area contributed by atoms with Crippen LogP contribution in [0.5, 0.6) is 0 Å². The maximum atomic E-state index is 13.3. The zero-order valence-corrected chi connectivity index (χ0v) is 18.1. The summed E-state index contributed by atoms with van der Waals surface area (Å²) in [6.45, 7) is 5.63. The van der Waals surface area contributed by atoms with Crippen LogP contribution in [0.2, 0.25) is 5.02 Å². The van der Waals surface area contributed by atoms with E-state index in [1.54, 1.807) is 30.3 Å². The number of hydrogen-bond acceptors (Lipinski definition) is 4. The van der Waals surface area contributed by atoms with Crippen molar-refractivity contribution in [3.8, 4) is 16.8 Å². The van der Waals surface area contributed by atoms with E-state index in [0.29, 0.717) is 22.1 Å². The Bertz CT molecular complexity index is 1090. The third-order valence-corrected chi connectivity index (χ3v) is 5.00. The number of tetrazole rings is 1. The van der Waals surface area contributed by atoms with Crippen LogP contribution in [0.4, 0.5) is 13.2 Å². The minimum Gasteiger partial charge on any atom is -0.338 e. The third-order valence-electron chi connectivity index (χ3n) is 4.75. The average molecular weight is 452 g/mol. The van der Waals surface area contributed by atoms with E-state index in [1.807, 2.05) is 13.8 Å². The summed E-state index contributed by atoms with van der Waals surface area (Å²) >= 11 is 5.96. The van der Waals surface area contributed by atoms with Gasteiger partial charge >= 0.3 is 6.18 Å². The summed E-state index contributed by atoms with van der Waals surface area (Å²) in [5.41, 5.74) is -0.566. The van der Waals surface area contributed by atoms with E-state index in [2.05, 4.69) is 20.8 Å². The maximum Gasteiger partial charge on any atom is 0.410 e. The summed E-state index contributed by atoms with van der Waals surface area (Å²) in [4.78, 5) is 12.8. The fraction of sp³-hybridized carbons (Fsp3) is 0.333. The molecule has 0 radical (unpaired) electrons. The smallest absolute Gasteiger partial charge is 0.338 e. The second-order valence-corrected chi connectivity index (χ2v) is 8.39. The Morgan fingerprint density at radius 1 is 1.06 bits per heavy atom. The predicted octanol–water partition coefficient (Wildman–Crippen LogP) is 5.18. The molecule has 0 saturated heterocycles. The maximum absolute atomic E-state index is 13.3. The highest BCUT2D eigenvalue weighted by molar-refractivity contribution is 6.30. The Kier molecular flexibility index (Phi) is 6.09. The van der Waals surface area contributed by atoms with E-state index in [4.69, 9.17) is 11.6 Å². The van der Waals surface area contributed by atoms with Gasteiger partial charge in [0.15, 0.2) is 5.82 Å². The van der Waals surface area contributed by atoms with E-state index in [9.17, 15) is 18.0 Å². The lowest BCUT2D eigenvalue weighted by Gasteiger charge is -2.29. The summed E-state index contributed by atoms with van der Waals surface area (Å²) in [7, 11) is 0. The van der Waals surface area contributed by atoms with Crippen LogP contribution in [0.1, 0.15) is 49.8 Å². The SMILES string of the molecule is CC(C)c1nnnn1-c1cc(C(=O)NC(C)(C)C(F)(F)F)cc(-c2ccc(Cl)cc2)c1. The quantitative estimate of drug-likeness (QED) is 0.580. The molecule has 0 atom stereocenters. The lowest BCUT2D eigenvalue weighted by molar-refractivity contribution is -0.182. The highest BCUT2D eigenvalue weighted by Crippen LogP contribution is 2.31. The highest BCUT2D eigenvalue weighted by Gasteiger charge is 2.48. The van der Waals surface area contributed by atoms with Gasteiger partial charge in [0.05, 0.1) is 5.69 Å². The van der Waals surface area contributed by atoms with Crippen molar-refractivity contribution in [1.29, 1.82) is 0 Å². The predicted molar refractivity (Wildman–Crippen MR) is 111 cm³/mol. The van der Waals surface area contributed by atoms with Crippen molar-refractivity contribution in [2.24, 2.45) is 0 Å². The van der Waals surface area contributed by atoms with Crippen LogP contribution in [-0.4, -0.2) is 37.8 Å². The molecular formula is C21H21ClF3N5O. The molecule has 0 fully saturated rings. The molecule has 164 valence electrons. The van der Waals surface area contributed by atoms with Crippen LogP contribution in [0.15, 0.2) is 42.5 Å². The first-order chi connectivity index (χ1) is 14.4. The molecule has 0 unspecified atom stereocenters. The topological polar surface area (TPSA) is 72.7 Å². The van der Waals surface area contributed by atoms with Gasteiger partial charge in [-0.1, -0.05) is 37.6 Å². The molecule has 0 aliphatic carbocycles. The number of carbonyl (C=O) groups excluding carboxylic acids is 1. The van der Waals surface area contributed by atoms with Gasteiger partial charge in [-0.15, -0.1) is 5.10 Å². The van der Waals surface area contributed by atoms with Gasteiger partial charge < -0.3 is 5.32 Å². The number of nitrogens with one attached hydrogen (secondary N) is 1. The molecule has 6 nitrogen and oxygen atoms in total. The van der Waals surface area contributed by atoms with Crippen LogP contribution in [0.25, 0.3) is 16.8 Å². The highest BCUT2D eigenvalue weighted by atomic mass is 35.5. The number of aromatic nitrogens is 4. The molecule has 10 heteroatoms. The number of halogens is 4. The first-order valence-corrected chi connectivity index (χ1v) is 9.86. The molecule has 2 aromatic carbocycles. The zero-order valence-electron chi connectivity index (χ0n) is 17.3. The second-order valence-electron chi connectivity index (χ2n) is 7.96. The van der Waals surface area contributed by atoms with E-state index in [-0.39, 0.29) is 11.5 Å². The number of benzene rings is 2. The van der Waals surface area contributed by atoms with Crippen molar-refractivity contribution in [3.05, 3.63) is 58.9 Å². The minimum absolute atomic E-state index is 0.0179. The number of amides is 1. The van der Waals surface area contributed by atoms with Crippen LogP contribution in [0.3, 0.4) is 0 Å². The molecule has 3 aromatic rings. The molecule has 1 amide bonds. The van der Waals surface area contributed by atoms with Crippen molar-refractivity contribution >= 4 is 17.5 Å². The normalized spacial score (nSPS) is 12.3. The van der Waals surface area contributed by atoms with Gasteiger partial charge in [0.1, 0.15) is 5.54 Å². The van der Waals surface area contributed by atoms with Gasteiger partial charge in [-0.05, 0) is 65.7 Å². The number of hydrogen-bond donors (Lipinski definition) is 1. The first kappa shape index (κ1) is 22.7. The van der Waals surface area contributed by atoms with Crippen LogP contribution in [-0.2, 0) is 0 Å². The minimum atomic E-state index is -4.61. The Morgan fingerprint density at radius 2 is 1.71 bits per heavy atom. The van der Waals surface area contributed by atoms with Gasteiger partial charge in [0, 0.05) is 16.5 Å². The number of rotatable bonds is 5. The molecular weight excluding hydrogens is 431 g/mol. The van der Waals surface area contributed by atoms with E-state index >= 15 is 0 Å². The van der Waals surface area contributed by atoms with Gasteiger partial charge in [-0.2, -0.15) is 17.9 Å². The standard InChI is InChI=1S/C21H21ClF3N5O/c1-12(2)18-27-28-29-30(18)17-10-14(13-5-7-16(22)8-6-13)9-15(11-17)19(31)26-20(3,4)21(23,24)25/h5-12H,1-4H3,(H,26,31). The summed E-state index contributed by atoms with van der Waals surface area (Å²) in [6, 6.07) is 11.6. The van der Waals surface area contributed by atoms with Crippen molar-refractivity contribution < 1.29 is 18.0 Å². The van der Waals surface area contributed by atoms with E-state index < -0.39 is 17.6 Å². The summed E-state index contributed by atoms with van der Waals surface area (Å²) in [6.07, 6.45) is -4.61. The molecule has 31 heavy (non-hydrogen) atoms. The molecule has 1 aromatic heterocycles. The molecule has 0 aliphatic heterocycles. The third kappa shape index (κ3) is 4.87. The summed E-state index contributed by atoms with van der Waals surface area (Å²) in [5, 5.41) is 14.3. The van der Waals surface area contributed by atoms with Gasteiger partial charge in [0.25, 0.3) is 5.91 Å². The molecule has 1 N–H and O–H groups in total. The lowest BCUT2D eigenvalue weighted by atomic mass is 9.99. The van der Waals surface area contributed by atoms with Crippen molar-refractivity contribution in [3.63, 3.8) is 0 Å². The molecule has 3 rings (SSSR count). The zero-order chi connectivity index (χ0) is 23.0. The Balaban J connectivity index is 2.12. The lowest BCUT2D eigenvalue weighted by Crippen LogP contribution is -2.54. The monoisotopic (exact) mass is 451 g/mol.